The molecule has 0 heterocycles. The molecule has 1 unspecified atom stereocenters. The van der Waals surface area contributed by atoms with E-state index in [4.69, 9.17) is 4.74 Å². The van der Waals surface area contributed by atoms with Gasteiger partial charge in [0.15, 0.2) is 0 Å². The summed E-state index contributed by atoms with van der Waals surface area (Å²) in [5.74, 6) is 0.911. The first kappa shape index (κ1) is 14.9. The monoisotopic (exact) mass is 294 g/mol. The molecule has 22 heavy (non-hydrogen) atoms. The Morgan fingerprint density at radius 2 is 2.14 bits per heavy atom. The predicted octanol–water partition coefficient (Wildman–Crippen LogP) is 4.32. The Labute approximate surface area is 132 Å². The summed E-state index contributed by atoms with van der Waals surface area (Å²) in [6.45, 7) is 0. The number of methoxy groups -OCH3 is 1. The Morgan fingerprint density at radius 1 is 1.23 bits per heavy atom. The van der Waals surface area contributed by atoms with Crippen molar-refractivity contribution in [2.45, 2.75) is 31.8 Å². The van der Waals surface area contributed by atoms with Crippen LogP contribution in [0.3, 0.4) is 0 Å². The summed E-state index contributed by atoms with van der Waals surface area (Å²) in [6, 6.07) is 14.6. The summed E-state index contributed by atoms with van der Waals surface area (Å²) in [5.41, 5.74) is 4.86. The van der Waals surface area contributed by atoms with Crippen LogP contribution < -0.4 is 4.74 Å². The van der Waals surface area contributed by atoms with E-state index in [9.17, 15) is 5.11 Å². The van der Waals surface area contributed by atoms with Crippen molar-refractivity contribution in [3.8, 4) is 5.75 Å². The smallest absolute Gasteiger partial charge is 0.119 e. The molecule has 1 atom stereocenters. The molecule has 0 saturated heterocycles. The molecule has 2 aromatic rings. The quantitative estimate of drug-likeness (QED) is 0.890. The molecule has 0 amide bonds. The van der Waals surface area contributed by atoms with E-state index in [1.165, 1.54) is 16.7 Å². The zero-order chi connectivity index (χ0) is 15.4. The molecule has 2 heteroatoms. The number of aryl methyl sites for hydroxylation is 2. The number of aliphatic hydroxyl groups excluding tert-OH is 1. The minimum Gasteiger partial charge on any atom is -0.497 e. The standard InChI is InChI=1S/C20H22O2/c1-22-18-8-4-7-15(13-18)5-2-3-6-16-9-10-17-11-12-20(21)19(17)14-16/h3-4,6-10,13-14,20-21H,2,5,11-12H2,1H3/b6-3+. The fraction of sp³-hybridized carbons (Fsp3) is 0.300. The van der Waals surface area contributed by atoms with E-state index in [1.54, 1.807) is 7.11 Å². The number of ether oxygens (including phenoxy) is 1. The highest BCUT2D eigenvalue weighted by Gasteiger charge is 2.19. The second-order valence-corrected chi connectivity index (χ2v) is 5.81. The fourth-order valence-corrected chi connectivity index (χ4v) is 3.00. The molecular weight excluding hydrogens is 272 g/mol. The molecule has 114 valence electrons. The molecular formula is C20H22O2. The Bertz CT molecular complexity index is 673. The lowest BCUT2D eigenvalue weighted by atomic mass is 10.0. The van der Waals surface area contributed by atoms with E-state index in [0.29, 0.717) is 0 Å². The van der Waals surface area contributed by atoms with Crippen LogP contribution in [0.4, 0.5) is 0 Å². The van der Waals surface area contributed by atoms with Gasteiger partial charge in [-0.05, 0) is 66.1 Å². The van der Waals surface area contributed by atoms with Gasteiger partial charge in [0, 0.05) is 0 Å². The summed E-state index contributed by atoms with van der Waals surface area (Å²) in [6.07, 6.45) is 7.91. The average Bonchev–Trinajstić information content (AvgIpc) is 2.93. The Kier molecular flexibility index (Phi) is 4.59. The number of aliphatic hydroxyl groups is 1. The lowest BCUT2D eigenvalue weighted by Gasteiger charge is -2.05. The Morgan fingerprint density at radius 3 is 3.00 bits per heavy atom. The number of benzene rings is 2. The third-order valence-corrected chi connectivity index (χ3v) is 4.26. The van der Waals surface area contributed by atoms with Crippen molar-refractivity contribution in [2.75, 3.05) is 7.11 Å². The van der Waals surface area contributed by atoms with Crippen molar-refractivity contribution in [1.82, 2.24) is 0 Å². The average molecular weight is 294 g/mol. The molecule has 1 aliphatic rings. The third-order valence-electron chi connectivity index (χ3n) is 4.26. The van der Waals surface area contributed by atoms with Gasteiger partial charge in [-0.15, -0.1) is 0 Å². The Hall–Kier alpha value is -2.06. The maximum absolute atomic E-state index is 9.94. The fourth-order valence-electron chi connectivity index (χ4n) is 3.00. The van der Waals surface area contributed by atoms with Crippen molar-refractivity contribution in [2.24, 2.45) is 0 Å². The molecule has 0 aromatic heterocycles. The van der Waals surface area contributed by atoms with E-state index < -0.39 is 0 Å². The second kappa shape index (κ2) is 6.80. The van der Waals surface area contributed by atoms with Gasteiger partial charge in [0.2, 0.25) is 0 Å². The summed E-state index contributed by atoms with van der Waals surface area (Å²) >= 11 is 0. The van der Waals surface area contributed by atoms with Gasteiger partial charge in [0.25, 0.3) is 0 Å². The molecule has 0 radical (unpaired) electrons. The summed E-state index contributed by atoms with van der Waals surface area (Å²) in [7, 11) is 1.70. The number of allylic oxidation sites excluding steroid dienone is 1. The molecule has 0 aliphatic heterocycles. The van der Waals surface area contributed by atoms with E-state index in [1.807, 2.05) is 12.1 Å². The minimum absolute atomic E-state index is 0.278. The molecule has 2 nitrogen and oxygen atoms in total. The third kappa shape index (κ3) is 3.40. The zero-order valence-electron chi connectivity index (χ0n) is 13.0. The van der Waals surface area contributed by atoms with Gasteiger partial charge in [-0.3, -0.25) is 0 Å². The highest BCUT2D eigenvalue weighted by Crippen LogP contribution is 2.31. The number of fused-ring (bicyclic) bond motifs is 1. The van der Waals surface area contributed by atoms with E-state index in [2.05, 4.69) is 42.5 Å². The van der Waals surface area contributed by atoms with Crippen molar-refractivity contribution in [3.05, 3.63) is 70.8 Å². The predicted molar refractivity (Wildman–Crippen MR) is 90.1 cm³/mol. The van der Waals surface area contributed by atoms with E-state index in [-0.39, 0.29) is 6.10 Å². The molecule has 1 N–H and O–H groups in total. The van der Waals surface area contributed by atoms with Crippen LogP contribution in [0.25, 0.3) is 6.08 Å². The number of hydrogen-bond acceptors (Lipinski definition) is 2. The van der Waals surface area contributed by atoms with E-state index in [0.717, 1.165) is 37.0 Å². The Balaban J connectivity index is 1.59. The van der Waals surface area contributed by atoms with Gasteiger partial charge in [0.05, 0.1) is 13.2 Å². The molecule has 0 spiro atoms. The first-order chi connectivity index (χ1) is 10.8. The highest BCUT2D eigenvalue weighted by atomic mass is 16.5. The van der Waals surface area contributed by atoms with Crippen LogP contribution in [0.5, 0.6) is 5.75 Å². The first-order valence-corrected chi connectivity index (χ1v) is 7.86. The summed E-state index contributed by atoms with van der Waals surface area (Å²) < 4.78 is 5.24. The van der Waals surface area contributed by atoms with Crippen LogP contribution in [-0.4, -0.2) is 12.2 Å². The molecule has 1 aliphatic carbocycles. The van der Waals surface area contributed by atoms with Gasteiger partial charge in [-0.25, -0.2) is 0 Å². The maximum Gasteiger partial charge on any atom is 0.119 e. The molecule has 0 fully saturated rings. The number of rotatable bonds is 5. The molecule has 0 bridgehead atoms. The maximum atomic E-state index is 9.94. The normalized spacial score (nSPS) is 16.9. The van der Waals surface area contributed by atoms with Crippen LogP contribution in [-0.2, 0) is 12.8 Å². The van der Waals surface area contributed by atoms with Crippen LogP contribution in [0.15, 0.2) is 48.5 Å². The first-order valence-electron chi connectivity index (χ1n) is 7.86. The number of hydrogen-bond donors (Lipinski definition) is 1. The van der Waals surface area contributed by atoms with Gasteiger partial charge in [0.1, 0.15) is 5.75 Å². The SMILES string of the molecule is COc1cccc(CC/C=C/c2ccc3c(c2)C(O)CC3)c1. The van der Waals surface area contributed by atoms with Gasteiger partial charge < -0.3 is 9.84 Å². The molecule has 0 saturated carbocycles. The molecule has 2 aromatic carbocycles. The van der Waals surface area contributed by atoms with Crippen molar-refractivity contribution in [1.29, 1.82) is 0 Å². The van der Waals surface area contributed by atoms with Crippen LogP contribution in [0.2, 0.25) is 0 Å². The van der Waals surface area contributed by atoms with Gasteiger partial charge in [-0.1, -0.05) is 36.4 Å². The second-order valence-electron chi connectivity index (χ2n) is 5.81. The lowest BCUT2D eigenvalue weighted by Crippen LogP contribution is -1.90. The topological polar surface area (TPSA) is 29.5 Å². The van der Waals surface area contributed by atoms with Crippen molar-refractivity contribution in [3.63, 3.8) is 0 Å². The van der Waals surface area contributed by atoms with Crippen molar-refractivity contribution >= 4 is 6.08 Å². The molecule has 3 rings (SSSR count). The highest BCUT2D eigenvalue weighted by molar-refractivity contribution is 5.53. The summed E-state index contributed by atoms with van der Waals surface area (Å²) in [5, 5.41) is 9.94. The minimum atomic E-state index is -0.278. The van der Waals surface area contributed by atoms with Crippen LogP contribution in [0.1, 0.15) is 41.2 Å². The largest absolute Gasteiger partial charge is 0.497 e. The van der Waals surface area contributed by atoms with E-state index >= 15 is 0 Å². The van der Waals surface area contributed by atoms with Gasteiger partial charge >= 0.3 is 0 Å². The van der Waals surface area contributed by atoms with Crippen LogP contribution in [0, 0.1) is 0 Å². The van der Waals surface area contributed by atoms with Crippen molar-refractivity contribution < 1.29 is 9.84 Å². The van der Waals surface area contributed by atoms with Gasteiger partial charge in [-0.2, -0.15) is 0 Å². The lowest BCUT2D eigenvalue weighted by molar-refractivity contribution is 0.180. The zero-order valence-corrected chi connectivity index (χ0v) is 13.0. The summed E-state index contributed by atoms with van der Waals surface area (Å²) in [4.78, 5) is 0. The van der Waals surface area contributed by atoms with Crippen LogP contribution >= 0.6 is 0 Å².